The molecule has 0 amide bonds. The number of Topliss-reactive ketones (excluding diaryl/α,β-unsaturated/α-hetero) is 1. The van der Waals surface area contributed by atoms with E-state index in [0.29, 0.717) is 29.0 Å². The first-order valence-electron chi connectivity index (χ1n) is 10.8. The van der Waals surface area contributed by atoms with Crippen molar-refractivity contribution < 1.29 is 18.7 Å². The predicted octanol–water partition coefficient (Wildman–Crippen LogP) is 5.83. The van der Waals surface area contributed by atoms with E-state index in [0.717, 1.165) is 12.0 Å². The largest absolute Gasteiger partial charge is 0.415 e. The van der Waals surface area contributed by atoms with Crippen LogP contribution in [0.25, 0.3) is 0 Å². The molecule has 0 radical (unpaired) electrons. The molecule has 5 heteroatoms. The third-order valence-corrected chi connectivity index (χ3v) is 13.1. The standard InChI is InChI=1S/C23H44O4Si/c1-14(2)21-19(23(25-10)26-11)12-18(9)22(24)20(21)13-27-28(15(3)4,16(5)6)17(7)8/h15-21,23H,1,12-13H2,2-11H3/t18-,19+,20+,21-/m1/s1. The minimum absolute atomic E-state index is 0.0183. The lowest BCUT2D eigenvalue weighted by molar-refractivity contribution is -0.169. The lowest BCUT2D eigenvalue weighted by Gasteiger charge is -2.46. The summed E-state index contributed by atoms with van der Waals surface area (Å²) in [5, 5.41) is 0. The van der Waals surface area contributed by atoms with E-state index in [1.54, 1.807) is 14.2 Å². The zero-order valence-corrected chi connectivity index (χ0v) is 20.9. The van der Waals surface area contributed by atoms with E-state index in [1.165, 1.54) is 0 Å². The van der Waals surface area contributed by atoms with Crippen molar-refractivity contribution in [3.05, 3.63) is 12.2 Å². The molecule has 1 fully saturated rings. The predicted molar refractivity (Wildman–Crippen MR) is 119 cm³/mol. The molecule has 0 heterocycles. The van der Waals surface area contributed by atoms with Gasteiger partial charge in [0, 0.05) is 38.6 Å². The SMILES string of the molecule is C=C(C)[C@H]1[C@H](CO[Si](C(C)C)(C(C)C)C(C)C)C(=O)[C@H](C)C[C@@H]1C(OC)OC. The molecule has 0 unspecified atom stereocenters. The van der Waals surface area contributed by atoms with Gasteiger partial charge in [-0.15, -0.1) is 0 Å². The maximum atomic E-state index is 13.2. The molecule has 1 saturated carbocycles. The van der Waals surface area contributed by atoms with Crippen LogP contribution in [-0.4, -0.2) is 41.2 Å². The van der Waals surface area contributed by atoms with Gasteiger partial charge in [-0.1, -0.05) is 60.6 Å². The molecule has 0 aliphatic heterocycles. The number of ether oxygens (including phenoxy) is 2. The first-order valence-corrected chi connectivity index (χ1v) is 13.0. The van der Waals surface area contributed by atoms with E-state index in [4.69, 9.17) is 13.9 Å². The van der Waals surface area contributed by atoms with Crippen LogP contribution in [0.3, 0.4) is 0 Å². The Kier molecular flexibility index (Phi) is 9.59. The Morgan fingerprint density at radius 1 is 1.07 bits per heavy atom. The van der Waals surface area contributed by atoms with Gasteiger partial charge in [-0.05, 0) is 35.9 Å². The van der Waals surface area contributed by atoms with Crippen molar-refractivity contribution in [2.24, 2.45) is 23.7 Å². The fourth-order valence-electron chi connectivity index (χ4n) is 5.87. The lowest BCUT2D eigenvalue weighted by Crippen LogP contribution is -2.52. The number of hydrogen-bond donors (Lipinski definition) is 0. The highest BCUT2D eigenvalue weighted by atomic mass is 28.4. The maximum Gasteiger partial charge on any atom is 0.200 e. The zero-order chi connectivity index (χ0) is 21.8. The minimum Gasteiger partial charge on any atom is -0.415 e. The van der Waals surface area contributed by atoms with E-state index < -0.39 is 8.32 Å². The number of carbonyl (C=O) groups excluding carboxylic acids is 1. The molecule has 0 spiro atoms. The van der Waals surface area contributed by atoms with Crippen molar-refractivity contribution in [3.63, 3.8) is 0 Å². The summed E-state index contributed by atoms with van der Waals surface area (Å²) in [6, 6.07) is 0. The first-order chi connectivity index (χ1) is 12.9. The fourth-order valence-corrected chi connectivity index (χ4v) is 11.3. The van der Waals surface area contributed by atoms with Gasteiger partial charge < -0.3 is 13.9 Å². The molecule has 1 aliphatic carbocycles. The van der Waals surface area contributed by atoms with Gasteiger partial charge >= 0.3 is 0 Å². The van der Waals surface area contributed by atoms with Crippen LogP contribution in [0.2, 0.25) is 16.6 Å². The second kappa shape index (κ2) is 10.5. The van der Waals surface area contributed by atoms with Gasteiger partial charge in [-0.25, -0.2) is 0 Å². The Hall–Kier alpha value is -0.493. The fraction of sp³-hybridized carbons (Fsp3) is 0.870. The molecule has 28 heavy (non-hydrogen) atoms. The van der Waals surface area contributed by atoms with E-state index in [2.05, 4.69) is 48.1 Å². The Labute approximate surface area is 174 Å². The number of hydrogen-bond acceptors (Lipinski definition) is 4. The Morgan fingerprint density at radius 3 is 1.89 bits per heavy atom. The quantitative estimate of drug-likeness (QED) is 0.257. The highest BCUT2D eigenvalue weighted by Gasteiger charge is 2.49. The summed E-state index contributed by atoms with van der Waals surface area (Å²) in [5.74, 6) is 0.237. The van der Waals surface area contributed by atoms with Crippen molar-refractivity contribution >= 4 is 14.1 Å². The molecule has 1 aliphatic rings. The summed E-state index contributed by atoms with van der Waals surface area (Å²) in [5.41, 5.74) is 2.50. The van der Waals surface area contributed by atoms with Gasteiger partial charge in [0.25, 0.3) is 0 Å². The van der Waals surface area contributed by atoms with Crippen LogP contribution in [0.1, 0.15) is 61.8 Å². The van der Waals surface area contributed by atoms with Crippen LogP contribution in [0.5, 0.6) is 0 Å². The number of ketones is 1. The topological polar surface area (TPSA) is 44.8 Å². The highest BCUT2D eigenvalue weighted by Crippen LogP contribution is 2.46. The van der Waals surface area contributed by atoms with Crippen LogP contribution in [0.15, 0.2) is 12.2 Å². The van der Waals surface area contributed by atoms with Gasteiger partial charge in [-0.3, -0.25) is 4.79 Å². The molecule has 0 aromatic heterocycles. The van der Waals surface area contributed by atoms with Gasteiger partial charge in [0.15, 0.2) is 14.6 Å². The molecule has 0 aromatic rings. The Bertz CT molecular complexity index is 503. The average Bonchev–Trinajstić information content (AvgIpc) is 2.58. The normalized spacial score (nSPS) is 26.7. The lowest BCUT2D eigenvalue weighted by atomic mass is 9.65. The summed E-state index contributed by atoms with van der Waals surface area (Å²) in [6.45, 7) is 22.4. The second-order valence-electron chi connectivity index (χ2n) is 9.65. The molecule has 0 bridgehead atoms. The molecule has 4 atom stereocenters. The Balaban J connectivity index is 3.25. The van der Waals surface area contributed by atoms with Crippen molar-refractivity contribution in [1.82, 2.24) is 0 Å². The number of carbonyl (C=O) groups is 1. The van der Waals surface area contributed by atoms with Crippen LogP contribution in [-0.2, 0) is 18.7 Å². The average molecular weight is 413 g/mol. The molecule has 0 aromatic carbocycles. The Morgan fingerprint density at radius 2 is 1.54 bits per heavy atom. The molecule has 1 rings (SSSR count). The van der Waals surface area contributed by atoms with E-state index in [9.17, 15) is 4.79 Å². The van der Waals surface area contributed by atoms with E-state index in [1.807, 2.05) is 13.8 Å². The second-order valence-corrected chi connectivity index (χ2v) is 15.1. The summed E-state index contributed by atoms with van der Waals surface area (Å²) < 4.78 is 18.1. The van der Waals surface area contributed by atoms with Gasteiger partial charge in [-0.2, -0.15) is 0 Å². The van der Waals surface area contributed by atoms with E-state index >= 15 is 0 Å². The summed E-state index contributed by atoms with van der Waals surface area (Å²) >= 11 is 0. The van der Waals surface area contributed by atoms with Gasteiger partial charge in [0.2, 0.25) is 0 Å². The van der Waals surface area contributed by atoms with E-state index in [-0.39, 0.29) is 30.0 Å². The van der Waals surface area contributed by atoms with Crippen LogP contribution < -0.4 is 0 Å². The highest BCUT2D eigenvalue weighted by molar-refractivity contribution is 6.77. The summed E-state index contributed by atoms with van der Waals surface area (Å²) in [7, 11) is 1.30. The number of allylic oxidation sites excluding steroid dienone is 1. The van der Waals surface area contributed by atoms with Crippen LogP contribution in [0.4, 0.5) is 0 Å². The summed E-state index contributed by atoms with van der Waals surface area (Å²) in [4.78, 5) is 13.2. The van der Waals surface area contributed by atoms with Crippen molar-refractivity contribution in [2.45, 2.75) is 84.7 Å². The third kappa shape index (κ3) is 4.97. The van der Waals surface area contributed by atoms with Crippen molar-refractivity contribution in [3.8, 4) is 0 Å². The molecule has 0 N–H and O–H groups in total. The number of rotatable bonds is 10. The third-order valence-electron chi connectivity index (χ3n) is 6.97. The summed E-state index contributed by atoms with van der Waals surface area (Å²) in [6.07, 6.45) is 0.433. The van der Waals surface area contributed by atoms with Crippen LogP contribution in [0, 0.1) is 23.7 Å². The molecular weight excluding hydrogens is 368 g/mol. The molecule has 164 valence electrons. The monoisotopic (exact) mass is 412 g/mol. The van der Waals surface area contributed by atoms with Crippen LogP contribution >= 0.6 is 0 Å². The number of methoxy groups -OCH3 is 2. The molecule has 0 saturated heterocycles. The van der Waals surface area contributed by atoms with Gasteiger partial charge in [0.1, 0.15) is 5.78 Å². The first kappa shape index (κ1) is 25.5. The van der Waals surface area contributed by atoms with Gasteiger partial charge in [0.05, 0.1) is 0 Å². The molecular formula is C23H44O4Si. The zero-order valence-electron chi connectivity index (χ0n) is 19.9. The minimum atomic E-state index is -2.04. The maximum absolute atomic E-state index is 13.2. The smallest absolute Gasteiger partial charge is 0.200 e. The van der Waals surface area contributed by atoms with Crippen molar-refractivity contribution in [2.75, 3.05) is 20.8 Å². The van der Waals surface area contributed by atoms with Crippen molar-refractivity contribution in [1.29, 1.82) is 0 Å². The molecule has 4 nitrogen and oxygen atoms in total.